The maximum atomic E-state index is 6.36. The largest absolute Gasteiger partial charge is 0.455 e. The van der Waals surface area contributed by atoms with Gasteiger partial charge < -0.3 is 4.42 Å². The Hall–Kier alpha value is -5.47. The topological polar surface area (TPSA) is 26.0 Å². The maximum Gasteiger partial charge on any atom is 0.143 e. The summed E-state index contributed by atoms with van der Waals surface area (Å²) < 4.78 is 6.36. The quantitative estimate of drug-likeness (QED) is 0.195. The molecule has 2 nitrogen and oxygen atoms in total. The van der Waals surface area contributed by atoms with Gasteiger partial charge in [0.2, 0.25) is 0 Å². The Morgan fingerprint density at radius 3 is 1.76 bits per heavy atom. The number of fused-ring (bicyclic) bond motifs is 3. The van der Waals surface area contributed by atoms with Crippen molar-refractivity contribution in [1.82, 2.24) is 4.98 Å². The summed E-state index contributed by atoms with van der Waals surface area (Å²) in [4.78, 5) is 4.31. The van der Waals surface area contributed by atoms with Crippen molar-refractivity contribution in [3.8, 4) is 33.4 Å². The van der Waals surface area contributed by atoms with E-state index in [0.717, 1.165) is 33.1 Å². The average molecular weight is 578 g/mol. The lowest BCUT2D eigenvalue weighted by Gasteiger charge is -2.23. The van der Waals surface area contributed by atoms with Crippen LogP contribution in [-0.4, -0.2) is 4.98 Å². The van der Waals surface area contributed by atoms with Gasteiger partial charge in [0.25, 0.3) is 0 Å². The third kappa shape index (κ3) is 3.99. The zero-order chi connectivity index (χ0) is 30.3. The number of hydrogen-bond donors (Lipinski definition) is 0. The summed E-state index contributed by atoms with van der Waals surface area (Å²) in [6.07, 6.45) is 3.77. The molecule has 0 fully saturated rings. The zero-order valence-corrected chi connectivity index (χ0v) is 25.6. The number of rotatable bonds is 3. The lowest BCUT2D eigenvalue weighted by atomic mass is 9.81. The second-order valence-electron chi connectivity index (χ2n) is 13.2. The van der Waals surface area contributed by atoms with E-state index in [2.05, 4.69) is 135 Å². The van der Waals surface area contributed by atoms with E-state index in [1.54, 1.807) is 0 Å². The second kappa shape index (κ2) is 9.51. The number of para-hydroxylation sites is 2. The van der Waals surface area contributed by atoms with Crippen LogP contribution in [0.25, 0.3) is 87.6 Å². The molecule has 2 aromatic heterocycles. The molecule has 9 aromatic rings. The standard InChI is InChI=1S/C43H31NO/c1-43(2,3)31-23-29-15-17-34-37(25-38(28-19-21-44-22-20-28)35-18-16-30(24-31)40(29)41(34)35)27-13-11-26(12-14-27)32-8-6-9-36-33-7-4-5-10-39(33)45-42(32)36/h4-25H,1-3H3. The van der Waals surface area contributed by atoms with E-state index < -0.39 is 0 Å². The molecule has 0 saturated carbocycles. The normalized spacial score (nSPS) is 12.3. The number of aromatic nitrogens is 1. The first-order valence-electron chi connectivity index (χ1n) is 15.6. The molecule has 0 bridgehead atoms. The van der Waals surface area contributed by atoms with E-state index in [1.807, 2.05) is 24.5 Å². The Bertz CT molecular complexity index is 2530. The van der Waals surface area contributed by atoms with Crippen molar-refractivity contribution < 1.29 is 4.42 Å². The first kappa shape index (κ1) is 26.0. The Morgan fingerprint density at radius 2 is 1.09 bits per heavy atom. The number of nitrogens with zero attached hydrogens (tertiary/aromatic N) is 1. The van der Waals surface area contributed by atoms with Crippen LogP contribution in [0.15, 0.2) is 138 Å². The van der Waals surface area contributed by atoms with Crippen LogP contribution in [0.1, 0.15) is 26.3 Å². The van der Waals surface area contributed by atoms with Gasteiger partial charge in [0.1, 0.15) is 11.2 Å². The molecule has 0 aliphatic carbocycles. The van der Waals surface area contributed by atoms with Gasteiger partial charge in [0.05, 0.1) is 0 Å². The van der Waals surface area contributed by atoms with Gasteiger partial charge in [0, 0.05) is 28.7 Å². The first-order chi connectivity index (χ1) is 21.9. The predicted octanol–water partition coefficient (Wildman–Crippen LogP) is 12.2. The fraction of sp³-hybridized carbons (Fsp3) is 0.0930. The molecule has 2 heterocycles. The third-order valence-corrected chi connectivity index (χ3v) is 9.48. The fourth-order valence-electron chi connectivity index (χ4n) is 7.16. The SMILES string of the molecule is CC(C)(C)c1cc2ccc3c(-c4ccncc4)cc(-c4ccc(-c5cccc6c5oc5ccccc56)cc4)c4ccc(c1)c2c34. The van der Waals surface area contributed by atoms with Gasteiger partial charge in [-0.3, -0.25) is 4.98 Å². The van der Waals surface area contributed by atoms with Crippen molar-refractivity contribution in [2.45, 2.75) is 26.2 Å². The summed E-state index contributed by atoms with van der Waals surface area (Å²) in [5.41, 5.74) is 10.4. The zero-order valence-electron chi connectivity index (χ0n) is 25.6. The molecular formula is C43H31NO. The van der Waals surface area contributed by atoms with Crippen LogP contribution in [-0.2, 0) is 5.41 Å². The number of furan rings is 1. The molecule has 0 N–H and O–H groups in total. The van der Waals surface area contributed by atoms with Crippen LogP contribution in [0.4, 0.5) is 0 Å². The lowest BCUT2D eigenvalue weighted by molar-refractivity contribution is 0.591. The van der Waals surface area contributed by atoms with Gasteiger partial charge in [-0.1, -0.05) is 118 Å². The van der Waals surface area contributed by atoms with Gasteiger partial charge >= 0.3 is 0 Å². The molecule has 0 radical (unpaired) electrons. The van der Waals surface area contributed by atoms with Crippen molar-refractivity contribution in [3.63, 3.8) is 0 Å². The first-order valence-corrected chi connectivity index (χ1v) is 15.6. The summed E-state index contributed by atoms with van der Waals surface area (Å²) in [5, 5.41) is 10.1. The van der Waals surface area contributed by atoms with Gasteiger partial charge in [-0.2, -0.15) is 0 Å². The second-order valence-corrected chi connectivity index (χ2v) is 13.2. The van der Waals surface area contributed by atoms with Crippen molar-refractivity contribution in [2.75, 3.05) is 0 Å². The molecule has 0 aliphatic rings. The van der Waals surface area contributed by atoms with Crippen molar-refractivity contribution in [1.29, 1.82) is 0 Å². The van der Waals surface area contributed by atoms with Crippen LogP contribution in [0, 0.1) is 0 Å². The molecule has 9 rings (SSSR count). The van der Waals surface area contributed by atoms with Crippen LogP contribution in [0.2, 0.25) is 0 Å². The Balaban J connectivity index is 1.27. The summed E-state index contributed by atoms with van der Waals surface area (Å²) in [6.45, 7) is 6.87. The molecule has 0 unspecified atom stereocenters. The van der Waals surface area contributed by atoms with Crippen molar-refractivity contribution in [3.05, 3.63) is 139 Å². The van der Waals surface area contributed by atoms with E-state index in [4.69, 9.17) is 4.42 Å². The average Bonchev–Trinajstić information content (AvgIpc) is 3.46. The smallest absolute Gasteiger partial charge is 0.143 e. The van der Waals surface area contributed by atoms with E-state index in [0.29, 0.717) is 0 Å². The maximum absolute atomic E-state index is 6.36. The highest BCUT2D eigenvalue weighted by molar-refractivity contribution is 6.28. The van der Waals surface area contributed by atoms with Gasteiger partial charge in [-0.15, -0.1) is 0 Å². The van der Waals surface area contributed by atoms with Gasteiger partial charge in [-0.05, 0) is 95.4 Å². The van der Waals surface area contributed by atoms with Gasteiger partial charge in [0.15, 0.2) is 0 Å². The van der Waals surface area contributed by atoms with Gasteiger partial charge in [-0.25, -0.2) is 0 Å². The van der Waals surface area contributed by atoms with Crippen LogP contribution < -0.4 is 0 Å². The number of pyridine rings is 1. The number of benzene rings is 7. The number of hydrogen-bond acceptors (Lipinski definition) is 2. The Labute approximate surface area is 261 Å². The molecule has 0 aliphatic heterocycles. The highest BCUT2D eigenvalue weighted by Crippen LogP contribution is 2.45. The molecule has 0 amide bonds. The molecule has 0 saturated heterocycles. The molecule has 214 valence electrons. The molecule has 0 atom stereocenters. The monoisotopic (exact) mass is 577 g/mol. The van der Waals surface area contributed by atoms with E-state index >= 15 is 0 Å². The Kier molecular flexibility index (Phi) is 5.49. The van der Waals surface area contributed by atoms with Crippen molar-refractivity contribution in [2.24, 2.45) is 0 Å². The predicted molar refractivity (Wildman–Crippen MR) is 190 cm³/mol. The summed E-state index contributed by atoms with van der Waals surface area (Å²) >= 11 is 0. The molecule has 7 aromatic carbocycles. The minimum atomic E-state index is 0.0757. The molecule has 0 spiro atoms. The van der Waals surface area contributed by atoms with Crippen LogP contribution >= 0.6 is 0 Å². The third-order valence-electron chi connectivity index (χ3n) is 9.48. The fourth-order valence-corrected chi connectivity index (χ4v) is 7.16. The van der Waals surface area contributed by atoms with Crippen molar-refractivity contribution >= 4 is 54.3 Å². The van der Waals surface area contributed by atoms with Crippen LogP contribution in [0.3, 0.4) is 0 Å². The lowest BCUT2D eigenvalue weighted by Crippen LogP contribution is -2.10. The minimum absolute atomic E-state index is 0.0757. The van der Waals surface area contributed by atoms with E-state index in [-0.39, 0.29) is 5.41 Å². The summed E-state index contributed by atoms with van der Waals surface area (Å²) in [5.74, 6) is 0. The van der Waals surface area contributed by atoms with E-state index in [9.17, 15) is 0 Å². The summed E-state index contributed by atoms with van der Waals surface area (Å²) in [7, 11) is 0. The molecule has 45 heavy (non-hydrogen) atoms. The molecular weight excluding hydrogens is 546 g/mol. The van der Waals surface area contributed by atoms with E-state index in [1.165, 1.54) is 60.1 Å². The highest BCUT2D eigenvalue weighted by atomic mass is 16.3. The Morgan fingerprint density at radius 1 is 0.489 bits per heavy atom. The van der Waals surface area contributed by atoms with Crippen LogP contribution in [0.5, 0.6) is 0 Å². The highest BCUT2D eigenvalue weighted by Gasteiger charge is 2.20. The minimum Gasteiger partial charge on any atom is -0.455 e. The summed E-state index contributed by atoms with van der Waals surface area (Å²) in [6, 6.07) is 44.3. The molecule has 2 heteroatoms.